The quantitative estimate of drug-likeness (QED) is 0.457. The van der Waals surface area contributed by atoms with Crippen LogP contribution in [0.3, 0.4) is 0 Å². The van der Waals surface area contributed by atoms with E-state index in [1.807, 2.05) is 27.8 Å². The molecule has 0 aromatic heterocycles. The van der Waals surface area contributed by atoms with E-state index in [0.717, 1.165) is 38.9 Å². The summed E-state index contributed by atoms with van der Waals surface area (Å²) in [6.45, 7) is 20.8. The average molecular weight is 541 g/mol. The standard InChI is InChI=1S/C30H56N2O6/c1-11-23-29(9,35)26(33)22(7)32(10)17-19(4)16-28(8)24(18(2)3)20(5)25(21(6)27(34)36-23)37-30(38-28)12-14-31-15-13-30/h18-26,31,33,35H,11-17H2,1-10H3/t19-,20-,21-,22-,23-,24-,25+,26-,28+,29-/m1/s1. The Bertz CT molecular complexity index is 800. The summed E-state index contributed by atoms with van der Waals surface area (Å²) >= 11 is 0. The highest BCUT2D eigenvalue weighted by Gasteiger charge is 2.56. The largest absolute Gasteiger partial charge is 0.459 e. The Morgan fingerprint density at radius 3 is 2.29 bits per heavy atom. The maximum atomic E-state index is 13.7. The highest BCUT2D eigenvalue weighted by Crippen LogP contribution is 2.50. The number of nitrogens with one attached hydrogen (secondary N) is 1. The van der Waals surface area contributed by atoms with E-state index in [9.17, 15) is 15.0 Å². The van der Waals surface area contributed by atoms with Crippen LogP contribution in [0.5, 0.6) is 0 Å². The van der Waals surface area contributed by atoms with Crippen LogP contribution in [-0.2, 0) is 19.0 Å². The molecule has 8 nitrogen and oxygen atoms in total. The molecule has 38 heavy (non-hydrogen) atoms. The van der Waals surface area contributed by atoms with Crippen molar-refractivity contribution in [2.45, 2.75) is 129 Å². The summed E-state index contributed by atoms with van der Waals surface area (Å²) in [7, 11) is 1.99. The minimum Gasteiger partial charge on any atom is -0.459 e. The van der Waals surface area contributed by atoms with Gasteiger partial charge in [0, 0.05) is 38.5 Å². The van der Waals surface area contributed by atoms with E-state index in [1.165, 1.54) is 0 Å². The van der Waals surface area contributed by atoms with E-state index in [2.05, 4.69) is 44.8 Å². The van der Waals surface area contributed by atoms with Crippen molar-refractivity contribution in [2.24, 2.45) is 29.6 Å². The fraction of sp³-hybridized carbons (Fsp3) is 0.967. The van der Waals surface area contributed by atoms with Gasteiger partial charge in [-0.15, -0.1) is 0 Å². The number of rotatable bonds is 2. The third-order valence-electron chi connectivity index (χ3n) is 9.89. The summed E-state index contributed by atoms with van der Waals surface area (Å²) in [5, 5.41) is 26.2. The first-order chi connectivity index (χ1) is 17.6. The highest BCUT2D eigenvalue weighted by atomic mass is 16.7. The zero-order valence-electron chi connectivity index (χ0n) is 25.6. The molecule has 0 aromatic carbocycles. The fourth-order valence-corrected chi connectivity index (χ4v) is 8.04. The fourth-order valence-electron chi connectivity index (χ4n) is 8.04. The number of esters is 1. The minimum atomic E-state index is -1.60. The van der Waals surface area contributed by atoms with Crippen LogP contribution in [0.25, 0.3) is 0 Å². The Labute approximate surface area is 231 Å². The number of hydrogen-bond acceptors (Lipinski definition) is 8. The predicted molar refractivity (Wildman–Crippen MR) is 149 cm³/mol. The molecule has 3 fully saturated rings. The van der Waals surface area contributed by atoms with Crippen molar-refractivity contribution in [3.05, 3.63) is 0 Å². The van der Waals surface area contributed by atoms with Gasteiger partial charge in [0.15, 0.2) is 5.79 Å². The van der Waals surface area contributed by atoms with Crippen LogP contribution in [0, 0.1) is 29.6 Å². The second-order valence-corrected chi connectivity index (χ2v) is 13.6. The van der Waals surface area contributed by atoms with Crippen LogP contribution in [0.15, 0.2) is 0 Å². The lowest BCUT2D eigenvalue weighted by atomic mass is 9.67. The van der Waals surface area contributed by atoms with Crippen molar-refractivity contribution < 1.29 is 29.2 Å². The molecule has 3 aliphatic heterocycles. The summed E-state index contributed by atoms with van der Waals surface area (Å²) in [6, 6.07) is -0.338. The van der Waals surface area contributed by atoms with E-state index in [-0.39, 0.29) is 23.8 Å². The molecular formula is C30H56N2O6. The minimum absolute atomic E-state index is 0.0389. The van der Waals surface area contributed by atoms with Gasteiger partial charge in [0.2, 0.25) is 0 Å². The van der Waals surface area contributed by atoms with E-state index in [0.29, 0.717) is 12.3 Å². The summed E-state index contributed by atoms with van der Waals surface area (Å²) in [6.07, 6.45) is 0.324. The molecule has 0 radical (unpaired) electrons. The molecule has 0 amide bonds. The van der Waals surface area contributed by atoms with Crippen molar-refractivity contribution in [3.8, 4) is 0 Å². The van der Waals surface area contributed by atoms with Gasteiger partial charge in [0.1, 0.15) is 17.8 Å². The molecule has 0 unspecified atom stereocenters. The molecule has 0 saturated carbocycles. The van der Waals surface area contributed by atoms with Gasteiger partial charge in [0.25, 0.3) is 0 Å². The van der Waals surface area contributed by atoms with Gasteiger partial charge < -0.3 is 34.6 Å². The van der Waals surface area contributed by atoms with Crippen LogP contribution >= 0.6 is 0 Å². The maximum absolute atomic E-state index is 13.7. The maximum Gasteiger partial charge on any atom is 0.311 e. The molecule has 1 spiro atoms. The third kappa shape index (κ3) is 6.26. The van der Waals surface area contributed by atoms with Crippen molar-refractivity contribution in [3.63, 3.8) is 0 Å². The number of hydrogen-bond donors (Lipinski definition) is 3. The topological polar surface area (TPSA) is 100 Å². The number of aliphatic hydroxyl groups excluding tert-OH is 1. The summed E-state index contributed by atoms with van der Waals surface area (Å²) < 4.78 is 20.1. The lowest BCUT2D eigenvalue weighted by Gasteiger charge is -2.48. The lowest BCUT2D eigenvalue weighted by Crippen LogP contribution is -2.59. The van der Waals surface area contributed by atoms with Crippen LogP contribution in [-0.4, -0.2) is 89.1 Å². The number of aliphatic hydroxyl groups is 2. The second-order valence-electron chi connectivity index (χ2n) is 13.6. The Hall–Kier alpha value is -0.770. The zero-order valence-corrected chi connectivity index (χ0v) is 25.6. The Kier molecular flexibility index (Phi) is 10.0. The number of carbonyl (C=O) groups is 1. The number of fused-ring (bicyclic) bond motifs is 3. The molecular weight excluding hydrogens is 484 g/mol. The van der Waals surface area contributed by atoms with Gasteiger partial charge in [-0.3, -0.25) is 4.79 Å². The summed E-state index contributed by atoms with van der Waals surface area (Å²) in [4.78, 5) is 15.8. The van der Waals surface area contributed by atoms with Gasteiger partial charge in [-0.25, -0.2) is 0 Å². The molecule has 3 rings (SSSR count). The average Bonchev–Trinajstić information content (AvgIpc) is 2.91. The zero-order chi connectivity index (χ0) is 28.6. The molecule has 3 N–H and O–H groups in total. The molecule has 3 saturated heterocycles. The third-order valence-corrected chi connectivity index (χ3v) is 9.89. The number of cyclic esters (lactones) is 1. The van der Waals surface area contributed by atoms with Crippen molar-refractivity contribution in [1.29, 1.82) is 0 Å². The molecule has 2 bridgehead atoms. The van der Waals surface area contributed by atoms with Crippen molar-refractivity contribution in [1.82, 2.24) is 10.2 Å². The molecule has 222 valence electrons. The first-order valence-electron chi connectivity index (χ1n) is 15.0. The molecule has 0 aliphatic carbocycles. The van der Waals surface area contributed by atoms with E-state index < -0.39 is 47.2 Å². The van der Waals surface area contributed by atoms with Gasteiger partial charge in [-0.2, -0.15) is 0 Å². The van der Waals surface area contributed by atoms with Crippen molar-refractivity contribution in [2.75, 3.05) is 26.7 Å². The van der Waals surface area contributed by atoms with E-state index >= 15 is 0 Å². The Morgan fingerprint density at radius 1 is 1.13 bits per heavy atom. The van der Waals surface area contributed by atoms with Crippen LogP contribution in [0.2, 0.25) is 0 Å². The Balaban J connectivity index is 2.15. The van der Waals surface area contributed by atoms with Crippen LogP contribution in [0.1, 0.15) is 88.0 Å². The number of likely N-dealkylation sites (N-methyl/N-ethyl adjacent to an activating group) is 1. The monoisotopic (exact) mass is 540 g/mol. The predicted octanol–water partition coefficient (Wildman–Crippen LogP) is 3.58. The molecule has 3 heterocycles. The van der Waals surface area contributed by atoms with Crippen LogP contribution < -0.4 is 5.32 Å². The smallest absolute Gasteiger partial charge is 0.311 e. The summed E-state index contributed by atoms with van der Waals surface area (Å²) in [5.41, 5.74) is -2.07. The second kappa shape index (κ2) is 12.0. The summed E-state index contributed by atoms with van der Waals surface area (Å²) in [5.74, 6) is -0.963. The number of nitrogens with zero attached hydrogens (tertiary/aromatic N) is 1. The van der Waals surface area contributed by atoms with Gasteiger partial charge in [-0.05, 0) is 71.3 Å². The van der Waals surface area contributed by atoms with Gasteiger partial charge >= 0.3 is 5.97 Å². The van der Waals surface area contributed by atoms with Gasteiger partial charge in [-0.1, -0.05) is 34.6 Å². The van der Waals surface area contributed by atoms with Gasteiger partial charge in [0.05, 0.1) is 17.6 Å². The lowest BCUT2D eigenvalue weighted by molar-refractivity contribution is -0.308. The number of carbonyl (C=O) groups excluding carboxylic acids is 1. The number of ether oxygens (including phenoxy) is 3. The molecule has 3 aliphatic rings. The number of piperidine rings is 1. The normalized spacial score (nSPS) is 45.9. The molecule has 10 atom stereocenters. The Morgan fingerprint density at radius 2 is 1.74 bits per heavy atom. The first kappa shape index (κ1) is 31.8. The van der Waals surface area contributed by atoms with Crippen molar-refractivity contribution >= 4 is 5.97 Å². The SMILES string of the molecule is CC[C@H]1OC(=O)[C@H](C)[C@H]2OC3(CCNCC3)O[C@@](C)(C[C@@H](C)CN(C)[C@H](C)[C@@H](O)[C@]1(C)O)[C@H](C(C)C)[C@H]2C. The van der Waals surface area contributed by atoms with E-state index in [1.54, 1.807) is 6.92 Å². The highest BCUT2D eigenvalue weighted by molar-refractivity contribution is 5.73. The van der Waals surface area contributed by atoms with E-state index in [4.69, 9.17) is 14.2 Å². The first-order valence-corrected chi connectivity index (χ1v) is 15.0. The van der Waals surface area contributed by atoms with Crippen LogP contribution in [0.4, 0.5) is 0 Å². The molecule has 8 heteroatoms. The molecule has 0 aromatic rings.